The van der Waals surface area contributed by atoms with Crippen LogP contribution in [0, 0.1) is 12.3 Å². The molecule has 106 valence electrons. The molecule has 1 aromatic rings. The van der Waals surface area contributed by atoms with Gasteiger partial charge in [0, 0.05) is 11.8 Å². The second-order valence-corrected chi connectivity index (χ2v) is 4.42. The number of amides is 1. The van der Waals surface area contributed by atoms with Crippen molar-refractivity contribution in [3.8, 4) is 23.8 Å². The first-order chi connectivity index (χ1) is 9.72. The van der Waals surface area contributed by atoms with Gasteiger partial charge in [0.15, 0.2) is 11.5 Å². The zero-order valence-corrected chi connectivity index (χ0v) is 11.4. The number of rotatable bonds is 5. The maximum absolute atomic E-state index is 11.8. The number of anilines is 1. The Morgan fingerprint density at radius 3 is 2.85 bits per heavy atom. The first kappa shape index (κ1) is 14.2. The van der Waals surface area contributed by atoms with Crippen LogP contribution >= 0.6 is 0 Å². The number of hydrogen-bond donors (Lipinski definition) is 2. The van der Waals surface area contributed by atoms with Gasteiger partial charge in [0.05, 0.1) is 12.6 Å². The van der Waals surface area contributed by atoms with E-state index in [-0.39, 0.29) is 18.5 Å². The van der Waals surface area contributed by atoms with Crippen molar-refractivity contribution in [2.75, 3.05) is 25.1 Å². The van der Waals surface area contributed by atoms with Crippen molar-refractivity contribution in [1.82, 2.24) is 5.32 Å². The van der Waals surface area contributed by atoms with Gasteiger partial charge >= 0.3 is 0 Å². The van der Waals surface area contributed by atoms with Crippen LogP contribution < -0.4 is 20.1 Å². The Balaban J connectivity index is 1.90. The smallest absolute Gasteiger partial charge is 0.238 e. The van der Waals surface area contributed by atoms with Gasteiger partial charge in [-0.3, -0.25) is 10.1 Å². The largest absolute Gasteiger partial charge is 0.486 e. The molecule has 20 heavy (non-hydrogen) atoms. The third-order valence-electron chi connectivity index (χ3n) is 2.94. The van der Waals surface area contributed by atoms with E-state index in [2.05, 4.69) is 16.6 Å². The highest BCUT2D eigenvalue weighted by Crippen LogP contribution is 2.32. The Kier molecular flexibility index (Phi) is 4.85. The third-order valence-corrected chi connectivity index (χ3v) is 2.94. The van der Waals surface area contributed by atoms with E-state index in [0.717, 1.165) is 6.42 Å². The molecule has 1 amide bonds. The highest BCUT2D eigenvalue weighted by Gasteiger charge is 2.13. The SMILES string of the molecule is C#CC(CC)NCC(=O)Nc1ccc2c(c1)OCCO2. The molecule has 1 unspecified atom stereocenters. The molecule has 0 aliphatic carbocycles. The molecule has 2 rings (SSSR count). The van der Waals surface area contributed by atoms with Gasteiger partial charge in [0.25, 0.3) is 0 Å². The van der Waals surface area contributed by atoms with Gasteiger partial charge in [0.2, 0.25) is 5.91 Å². The van der Waals surface area contributed by atoms with Crippen molar-refractivity contribution in [3.05, 3.63) is 18.2 Å². The summed E-state index contributed by atoms with van der Waals surface area (Å²) in [7, 11) is 0. The van der Waals surface area contributed by atoms with E-state index < -0.39 is 0 Å². The van der Waals surface area contributed by atoms with E-state index in [4.69, 9.17) is 15.9 Å². The fourth-order valence-corrected chi connectivity index (χ4v) is 1.86. The number of benzene rings is 1. The van der Waals surface area contributed by atoms with E-state index in [1.165, 1.54) is 0 Å². The molecule has 5 heteroatoms. The third kappa shape index (κ3) is 3.65. The normalized spacial score (nSPS) is 14.2. The van der Waals surface area contributed by atoms with Gasteiger partial charge < -0.3 is 14.8 Å². The van der Waals surface area contributed by atoms with Crippen molar-refractivity contribution in [1.29, 1.82) is 0 Å². The molecule has 1 aromatic carbocycles. The summed E-state index contributed by atoms with van der Waals surface area (Å²) >= 11 is 0. The van der Waals surface area contributed by atoms with Crippen molar-refractivity contribution in [3.63, 3.8) is 0 Å². The summed E-state index contributed by atoms with van der Waals surface area (Å²) in [5.41, 5.74) is 0.676. The zero-order chi connectivity index (χ0) is 14.4. The topological polar surface area (TPSA) is 59.6 Å². The monoisotopic (exact) mass is 274 g/mol. The number of carbonyl (C=O) groups is 1. The molecular formula is C15H18N2O3. The van der Waals surface area contributed by atoms with Crippen LogP contribution in [0.4, 0.5) is 5.69 Å². The highest BCUT2D eigenvalue weighted by atomic mass is 16.6. The molecule has 0 saturated heterocycles. The first-order valence-corrected chi connectivity index (χ1v) is 6.62. The van der Waals surface area contributed by atoms with Gasteiger partial charge in [-0.05, 0) is 18.6 Å². The Labute approximate surface area is 118 Å². The summed E-state index contributed by atoms with van der Waals surface area (Å²) in [6, 6.07) is 5.24. The van der Waals surface area contributed by atoms with Crippen LogP contribution in [0.5, 0.6) is 11.5 Å². The second-order valence-electron chi connectivity index (χ2n) is 4.42. The van der Waals surface area contributed by atoms with E-state index in [9.17, 15) is 4.79 Å². The molecule has 1 aliphatic rings. The standard InChI is InChI=1S/C15H18N2O3/c1-3-11(4-2)16-10-15(18)17-12-5-6-13-14(9-12)20-8-7-19-13/h1,5-6,9,11,16H,4,7-8,10H2,2H3,(H,17,18). The van der Waals surface area contributed by atoms with Crippen LogP contribution in [0.15, 0.2) is 18.2 Å². The van der Waals surface area contributed by atoms with E-state index >= 15 is 0 Å². The summed E-state index contributed by atoms with van der Waals surface area (Å²) in [6.07, 6.45) is 6.11. The van der Waals surface area contributed by atoms with Gasteiger partial charge in [0.1, 0.15) is 13.2 Å². The van der Waals surface area contributed by atoms with Crippen LogP contribution in [0.1, 0.15) is 13.3 Å². The second kappa shape index (κ2) is 6.83. The fourth-order valence-electron chi connectivity index (χ4n) is 1.86. The molecule has 1 heterocycles. The molecule has 0 radical (unpaired) electrons. The quantitative estimate of drug-likeness (QED) is 0.797. The number of ether oxygens (including phenoxy) is 2. The van der Waals surface area contributed by atoms with Crippen LogP contribution in [0.2, 0.25) is 0 Å². The van der Waals surface area contributed by atoms with Gasteiger partial charge in [-0.25, -0.2) is 0 Å². The molecular weight excluding hydrogens is 256 g/mol. The fraction of sp³-hybridized carbons (Fsp3) is 0.400. The minimum Gasteiger partial charge on any atom is -0.486 e. The summed E-state index contributed by atoms with van der Waals surface area (Å²) < 4.78 is 10.9. The van der Waals surface area contributed by atoms with Crippen LogP contribution in [-0.4, -0.2) is 31.7 Å². The molecule has 0 fully saturated rings. The maximum atomic E-state index is 11.8. The van der Waals surface area contributed by atoms with Gasteiger partial charge in [-0.2, -0.15) is 0 Å². The number of terminal acetylenes is 1. The lowest BCUT2D eigenvalue weighted by Gasteiger charge is -2.19. The van der Waals surface area contributed by atoms with E-state index in [0.29, 0.717) is 30.4 Å². The Bertz CT molecular complexity index is 522. The Hall–Kier alpha value is -2.19. The molecule has 1 atom stereocenters. The zero-order valence-electron chi connectivity index (χ0n) is 11.4. The predicted octanol–water partition coefficient (Wildman–Crippen LogP) is 1.40. The lowest BCUT2D eigenvalue weighted by molar-refractivity contribution is -0.115. The van der Waals surface area contributed by atoms with Crippen molar-refractivity contribution < 1.29 is 14.3 Å². The van der Waals surface area contributed by atoms with Crippen molar-refractivity contribution in [2.24, 2.45) is 0 Å². The number of carbonyl (C=O) groups excluding carboxylic acids is 1. The molecule has 1 aliphatic heterocycles. The minimum atomic E-state index is -0.143. The number of fused-ring (bicyclic) bond motifs is 1. The van der Waals surface area contributed by atoms with Gasteiger partial charge in [-0.15, -0.1) is 6.42 Å². The molecule has 2 N–H and O–H groups in total. The average Bonchev–Trinajstić information content (AvgIpc) is 2.48. The number of nitrogens with one attached hydrogen (secondary N) is 2. The van der Waals surface area contributed by atoms with Crippen LogP contribution in [0.25, 0.3) is 0 Å². The highest BCUT2D eigenvalue weighted by molar-refractivity contribution is 5.92. The molecule has 0 saturated carbocycles. The van der Waals surface area contributed by atoms with Crippen LogP contribution in [-0.2, 0) is 4.79 Å². The summed E-state index contributed by atoms with van der Waals surface area (Å²) in [6.45, 7) is 3.22. The van der Waals surface area contributed by atoms with E-state index in [1.54, 1.807) is 18.2 Å². The summed E-state index contributed by atoms with van der Waals surface area (Å²) in [5.74, 6) is 3.79. The van der Waals surface area contributed by atoms with Crippen LogP contribution in [0.3, 0.4) is 0 Å². The first-order valence-electron chi connectivity index (χ1n) is 6.62. The summed E-state index contributed by atoms with van der Waals surface area (Å²) in [5, 5.41) is 5.79. The predicted molar refractivity (Wildman–Crippen MR) is 77.0 cm³/mol. The summed E-state index contributed by atoms with van der Waals surface area (Å²) in [4.78, 5) is 11.8. The molecule has 5 nitrogen and oxygen atoms in total. The maximum Gasteiger partial charge on any atom is 0.238 e. The van der Waals surface area contributed by atoms with Gasteiger partial charge in [-0.1, -0.05) is 12.8 Å². The lowest BCUT2D eigenvalue weighted by atomic mass is 10.2. The van der Waals surface area contributed by atoms with Crippen molar-refractivity contribution >= 4 is 11.6 Å². The Morgan fingerprint density at radius 1 is 1.40 bits per heavy atom. The molecule has 0 aromatic heterocycles. The number of hydrogen-bond acceptors (Lipinski definition) is 4. The van der Waals surface area contributed by atoms with Crippen molar-refractivity contribution in [2.45, 2.75) is 19.4 Å². The molecule has 0 bridgehead atoms. The van der Waals surface area contributed by atoms with E-state index in [1.807, 2.05) is 6.92 Å². The minimum absolute atomic E-state index is 0.0824. The lowest BCUT2D eigenvalue weighted by Crippen LogP contribution is -2.34. The Morgan fingerprint density at radius 2 is 2.15 bits per heavy atom. The molecule has 0 spiro atoms. The average molecular weight is 274 g/mol.